The average Bonchev–Trinajstić information content (AvgIpc) is 2.99. The van der Waals surface area contributed by atoms with Crippen LogP contribution in [0.2, 0.25) is 10.0 Å². The lowest BCUT2D eigenvalue weighted by Gasteiger charge is -1.96. The fourth-order valence-electron chi connectivity index (χ4n) is 1.43. The Hall–Kier alpha value is -1.92. The van der Waals surface area contributed by atoms with Crippen LogP contribution in [-0.4, -0.2) is 25.3 Å². The van der Waals surface area contributed by atoms with Crippen molar-refractivity contribution in [3.8, 4) is 23.1 Å². The number of hydrogen-bond donors (Lipinski definition) is 1. The topological polar surface area (TPSA) is 80.5 Å². The van der Waals surface area contributed by atoms with Crippen LogP contribution in [-0.2, 0) is 0 Å². The number of H-pyrrole nitrogens is 1. The summed E-state index contributed by atoms with van der Waals surface area (Å²) >= 11 is 11.8. The Morgan fingerprint density at radius 2 is 1.89 bits per heavy atom. The lowest BCUT2D eigenvalue weighted by atomic mass is 10.2. The molecule has 0 saturated heterocycles. The lowest BCUT2D eigenvalue weighted by molar-refractivity contribution is 0.432. The van der Waals surface area contributed by atoms with Crippen LogP contribution in [0.15, 0.2) is 29.0 Å². The third-order valence-electron chi connectivity index (χ3n) is 2.16. The van der Waals surface area contributed by atoms with Gasteiger partial charge in [0.1, 0.15) is 6.33 Å². The van der Waals surface area contributed by atoms with Crippen LogP contribution >= 0.6 is 23.2 Å². The largest absolute Gasteiger partial charge is 0.333 e. The van der Waals surface area contributed by atoms with Gasteiger partial charge < -0.3 is 4.52 Å². The van der Waals surface area contributed by atoms with E-state index in [9.17, 15) is 0 Å². The maximum absolute atomic E-state index is 5.90. The van der Waals surface area contributed by atoms with Gasteiger partial charge >= 0.3 is 0 Å². The Labute approximate surface area is 111 Å². The number of nitrogens with zero attached hydrogens (tertiary/aromatic N) is 4. The number of hydrogen-bond acceptors (Lipinski definition) is 5. The molecule has 8 heteroatoms. The molecule has 3 rings (SSSR count). The third-order valence-corrected chi connectivity index (χ3v) is 2.60. The van der Waals surface area contributed by atoms with Crippen molar-refractivity contribution < 1.29 is 4.52 Å². The molecule has 2 aromatic heterocycles. The molecule has 6 nitrogen and oxygen atoms in total. The van der Waals surface area contributed by atoms with Gasteiger partial charge in [0, 0.05) is 15.6 Å². The third kappa shape index (κ3) is 2.07. The number of halogens is 2. The maximum Gasteiger partial charge on any atom is 0.258 e. The molecule has 0 atom stereocenters. The minimum absolute atomic E-state index is 0.311. The molecule has 2 heterocycles. The van der Waals surface area contributed by atoms with Crippen molar-refractivity contribution in [2.24, 2.45) is 0 Å². The van der Waals surface area contributed by atoms with Gasteiger partial charge in [-0.1, -0.05) is 28.4 Å². The van der Waals surface area contributed by atoms with E-state index in [-0.39, 0.29) is 0 Å². The van der Waals surface area contributed by atoms with Gasteiger partial charge in [0.25, 0.3) is 5.89 Å². The van der Waals surface area contributed by atoms with Crippen LogP contribution in [0.1, 0.15) is 0 Å². The van der Waals surface area contributed by atoms with Crippen molar-refractivity contribution in [3.63, 3.8) is 0 Å². The van der Waals surface area contributed by atoms with E-state index in [2.05, 4.69) is 25.3 Å². The molecule has 0 aliphatic heterocycles. The van der Waals surface area contributed by atoms with Crippen molar-refractivity contribution in [2.45, 2.75) is 0 Å². The molecule has 0 unspecified atom stereocenters. The molecule has 0 saturated carbocycles. The first-order valence-electron chi connectivity index (χ1n) is 4.88. The first-order valence-corrected chi connectivity index (χ1v) is 5.64. The summed E-state index contributed by atoms with van der Waals surface area (Å²) in [7, 11) is 0. The van der Waals surface area contributed by atoms with E-state index in [4.69, 9.17) is 27.7 Å². The van der Waals surface area contributed by atoms with Gasteiger partial charge in [-0.25, -0.2) is 4.98 Å². The molecule has 0 radical (unpaired) electrons. The minimum atomic E-state index is 0.311. The van der Waals surface area contributed by atoms with Crippen molar-refractivity contribution in [1.29, 1.82) is 0 Å². The van der Waals surface area contributed by atoms with Gasteiger partial charge in [0.2, 0.25) is 5.82 Å². The summed E-state index contributed by atoms with van der Waals surface area (Å²) in [6.07, 6.45) is 1.36. The van der Waals surface area contributed by atoms with Crippen LogP contribution in [0.3, 0.4) is 0 Å². The van der Waals surface area contributed by atoms with Crippen molar-refractivity contribution in [3.05, 3.63) is 34.6 Å². The summed E-state index contributed by atoms with van der Waals surface area (Å²) in [5.74, 6) is 1.06. The number of nitrogens with one attached hydrogen (secondary N) is 1. The molecule has 3 aromatic rings. The van der Waals surface area contributed by atoms with Crippen molar-refractivity contribution in [1.82, 2.24) is 25.3 Å². The Morgan fingerprint density at radius 1 is 1.11 bits per heavy atom. The molecular formula is C10H5Cl2N5O. The zero-order valence-corrected chi connectivity index (χ0v) is 10.3. The molecule has 0 bridgehead atoms. The molecule has 0 aliphatic rings. The molecule has 0 amide bonds. The molecule has 0 spiro atoms. The molecule has 90 valence electrons. The van der Waals surface area contributed by atoms with E-state index in [0.717, 1.165) is 0 Å². The summed E-state index contributed by atoms with van der Waals surface area (Å²) in [4.78, 5) is 8.10. The highest BCUT2D eigenvalue weighted by molar-refractivity contribution is 6.35. The first-order chi connectivity index (χ1) is 8.72. The highest BCUT2D eigenvalue weighted by Crippen LogP contribution is 2.26. The van der Waals surface area contributed by atoms with E-state index < -0.39 is 0 Å². The zero-order chi connectivity index (χ0) is 12.5. The van der Waals surface area contributed by atoms with Gasteiger partial charge in [-0.3, -0.25) is 5.10 Å². The second kappa shape index (κ2) is 4.40. The molecular weight excluding hydrogens is 277 g/mol. The van der Waals surface area contributed by atoms with Crippen LogP contribution < -0.4 is 0 Å². The van der Waals surface area contributed by atoms with E-state index in [0.29, 0.717) is 33.1 Å². The Morgan fingerprint density at radius 3 is 2.56 bits per heavy atom. The van der Waals surface area contributed by atoms with Gasteiger partial charge in [-0.15, -0.1) is 0 Å². The molecule has 0 fully saturated rings. The van der Waals surface area contributed by atoms with Gasteiger partial charge in [-0.2, -0.15) is 10.1 Å². The smallest absolute Gasteiger partial charge is 0.258 e. The zero-order valence-electron chi connectivity index (χ0n) is 8.76. The maximum atomic E-state index is 5.90. The van der Waals surface area contributed by atoms with Crippen LogP contribution in [0.25, 0.3) is 23.1 Å². The molecule has 1 N–H and O–H groups in total. The van der Waals surface area contributed by atoms with Gasteiger partial charge in [0.15, 0.2) is 5.82 Å². The summed E-state index contributed by atoms with van der Waals surface area (Å²) < 4.78 is 5.12. The normalized spacial score (nSPS) is 10.8. The number of aromatic amines is 1. The van der Waals surface area contributed by atoms with Crippen molar-refractivity contribution >= 4 is 23.2 Å². The van der Waals surface area contributed by atoms with E-state index >= 15 is 0 Å². The SMILES string of the molecule is Clc1cc(Cl)cc(-c2nc(-c3ncn[nH]3)no2)c1. The molecule has 1 aromatic carbocycles. The lowest BCUT2D eigenvalue weighted by Crippen LogP contribution is -1.83. The summed E-state index contributed by atoms with van der Waals surface area (Å²) in [6, 6.07) is 5.00. The number of rotatable bonds is 2. The van der Waals surface area contributed by atoms with E-state index in [1.54, 1.807) is 18.2 Å². The fraction of sp³-hybridized carbons (Fsp3) is 0. The predicted molar refractivity (Wildman–Crippen MR) is 65.1 cm³/mol. The average molecular weight is 282 g/mol. The Bertz CT molecular complexity index is 659. The van der Waals surface area contributed by atoms with E-state index in [1.165, 1.54) is 6.33 Å². The summed E-state index contributed by atoms with van der Waals surface area (Å²) in [6.45, 7) is 0. The monoisotopic (exact) mass is 281 g/mol. The number of aromatic nitrogens is 5. The first kappa shape index (κ1) is 11.2. The second-order valence-electron chi connectivity index (χ2n) is 3.42. The number of benzene rings is 1. The second-order valence-corrected chi connectivity index (χ2v) is 4.29. The fourth-order valence-corrected chi connectivity index (χ4v) is 1.95. The van der Waals surface area contributed by atoms with Crippen LogP contribution in [0, 0.1) is 0 Å². The predicted octanol–water partition coefficient (Wildman–Crippen LogP) is 2.83. The van der Waals surface area contributed by atoms with Crippen molar-refractivity contribution in [2.75, 3.05) is 0 Å². The quantitative estimate of drug-likeness (QED) is 0.781. The Balaban J connectivity index is 2.03. The standard InChI is InChI=1S/C10H5Cl2N5O/c11-6-1-5(2-7(12)3-6)10-15-9(17-18-10)8-13-4-14-16-8/h1-4H,(H,13,14,16). The van der Waals surface area contributed by atoms with E-state index in [1.807, 2.05) is 0 Å². The Kier molecular flexibility index (Phi) is 2.73. The highest BCUT2D eigenvalue weighted by Gasteiger charge is 2.13. The highest BCUT2D eigenvalue weighted by atomic mass is 35.5. The van der Waals surface area contributed by atoms with Crippen LogP contribution in [0.5, 0.6) is 0 Å². The summed E-state index contributed by atoms with van der Waals surface area (Å²) in [5.41, 5.74) is 0.644. The summed E-state index contributed by atoms with van der Waals surface area (Å²) in [5, 5.41) is 11.1. The van der Waals surface area contributed by atoms with Gasteiger partial charge in [0.05, 0.1) is 0 Å². The van der Waals surface area contributed by atoms with Gasteiger partial charge in [-0.05, 0) is 18.2 Å². The molecule has 0 aliphatic carbocycles. The molecule has 18 heavy (non-hydrogen) atoms. The van der Waals surface area contributed by atoms with Crippen LogP contribution in [0.4, 0.5) is 0 Å². The minimum Gasteiger partial charge on any atom is -0.333 e.